The van der Waals surface area contributed by atoms with Gasteiger partial charge in [0.25, 0.3) is 5.22 Å². The first-order valence-electron chi connectivity index (χ1n) is 7.81. The molecule has 0 saturated carbocycles. The van der Waals surface area contributed by atoms with Gasteiger partial charge in [0, 0.05) is 18.7 Å². The topological polar surface area (TPSA) is 77.7 Å². The lowest BCUT2D eigenvalue weighted by Gasteiger charge is -2.18. The Morgan fingerprint density at radius 3 is 2.50 bits per heavy atom. The zero-order chi connectivity index (χ0) is 18.9. The summed E-state index contributed by atoms with van der Waals surface area (Å²) in [6.07, 6.45) is 3.35. The van der Waals surface area contributed by atoms with Crippen molar-refractivity contribution in [2.45, 2.75) is 5.22 Å². The third-order valence-corrected chi connectivity index (χ3v) is 4.21. The highest BCUT2D eigenvalue weighted by Crippen LogP contribution is 2.32. The molecule has 0 aliphatic rings. The summed E-state index contributed by atoms with van der Waals surface area (Å²) in [7, 11) is 3.12. The van der Waals surface area contributed by atoms with Crippen LogP contribution in [0.1, 0.15) is 0 Å². The minimum Gasteiger partial charge on any atom is -0.493 e. The molecule has 0 radical (unpaired) electrons. The highest BCUT2D eigenvalue weighted by molar-refractivity contribution is 7.99. The second-order valence-corrected chi connectivity index (χ2v) is 6.03. The van der Waals surface area contributed by atoms with Crippen LogP contribution in [0.15, 0.2) is 53.1 Å². The second kappa shape index (κ2) is 9.67. The summed E-state index contributed by atoms with van der Waals surface area (Å²) in [4.78, 5) is 13.9. The molecule has 0 bridgehead atoms. The van der Waals surface area contributed by atoms with Gasteiger partial charge in [-0.3, -0.25) is 4.79 Å². The maximum Gasteiger partial charge on any atom is 0.277 e. The summed E-state index contributed by atoms with van der Waals surface area (Å²) in [5.74, 6) is 1.66. The van der Waals surface area contributed by atoms with Gasteiger partial charge in [-0.15, -0.1) is 23.4 Å². The van der Waals surface area contributed by atoms with Gasteiger partial charge in [0.2, 0.25) is 11.8 Å². The van der Waals surface area contributed by atoms with Gasteiger partial charge in [0.05, 0.1) is 20.0 Å². The Kier molecular flexibility index (Phi) is 7.28. The molecule has 1 amide bonds. The third-order valence-electron chi connectivity index (χ3n) is 3.41. The van der Waals surface area contributed by atoms with Gasteiger partial charge in [0.15, 0.2) is 11.5 Å². The van der Waals surface area contributed by atoms with Gasteiger partial charge >= 0.3 is 0 Å². The van der Waals surface area contributed by atoms with Crippen molar-refractivity contribution in [3.63, 3.8) is 0 Å². The molecule has 1 aromatic heterocycles. The summed E-state index contributed by atoms with van der Waals surface area (Å²) >= 11 is 1.19. The van der Waals surface area contributed by atoms with E-state index in [1.807, 2.05) is 0 Å². The zero-order valence-corrected chi connectivity index (χ0v) is 15.6. The summed E-state index contributed by atoms with van der Waals surface area (Å²) in [6, 6.07) is 5.31. The fraction of sp³-hybridized carbons (Fsp3) is 0.278. The average Bonchev–Trinajstić information content (AvgIpc) is 3.14. The van der Waals surface area contributed by atoms with Crippen LogP contribution in [-0.4, -0.2) is 54.1 Å². The fourth-order valence-electron chi connectivity index (χ4n) is 2.16. The van der Waals surface area contributed by atoms with Crippen molar-refractivity contribution in [2.24, 2.45) is 0 Å². The maximum atomic E-state index is 12.2. The molecule has 1 aromatic carbocycles. The van der Waals surface area contributed by atoms with Gasteiger partial charge in [-0.2, -0.15) is 0 Å². The Balaban J connectivity index is 2.04. The monoisotopic (exact) mass is 375 g/mol. The number of rotatable bonds is 10. The van der Waals surface area contributed by atoms with E-state index in [-0.39, 0.29) is 11.7 Å². The first kappa shape index (κ1) is 19.6. The van der Waals surface area contributed by atoms with Gasteiger partial charge in [0.1, 0.15) is 0 Å². The van der Waals surface area contributed by atoms with Crippen LogP contribution in [0.4, 0.5) is 0 Å². The molecule has 2 aromatic rings. The van der Waals surface area contributed by atoms with Gasteiger partial charge in [-0.05, 0) is 18.2 Å². The molecule has 1 heterocycles. The molecule has 26 heavy (non-hydrogen) atoms. The van der Waals surface area contributed by atoms with Crippen LogP contribution < -0.4 is 9.47 Å². The lowest BCUT2D eigenvalue weighted by Crippen LogP contribution is -2.32. The molecule has 0 fully saturated rings. The van der Waals surface area contributed by atoms with E-state index in [1.165, 1.54) is 11.8 Å². The molecular formula is C18H21N3O4S. The van der Waals surface area contributed by atoms with E-state index in [2.05, 4.69) is 23.4 Å². The SMILES string of the molecule is C=CCN(CC=C)C(=O)CSc1nnc(-c2ccc(OC)c(OC)c2)o1. The fourth-order valence-corrected chi connectivity index (χ4v) is 2.82. The molecule has 138 valence electrons. The number of hydrogen-bond donors (Lipinski definition) is 0. The number of amides is 1. The van der Waals surface area contributed by atoms with E-state index in [4.69, 9.17) is 13.9 Å². The Morgan fingerprint density at radius 2 is 1.88 bits per heavy atom. The molecule has 0 spiro atoms. The molecule has 7 nitrogen and oxygen atoms in total. The molecule has 0 atom stereocenters. The number of carbonyl (C=O) groups is 1. The van der Waals surface area contributed by atoms with Crippen molar-refractivity contribution < 1.29 is 18.7 Å². The van der Waals surface area contributed by atoms with Crippen LogP contribution in [0.25, 0.3) is 11.5 Å². The van der Waals surface area contributed by atoms with Crippen LogP contribution >= 0.6 is 11.8 Å². The summed E-state index contributed by atoms with van der Waals surface area (Å²) < 4.78 is 16.1. The van der Waals surface area contributed by atoms with Crippen molar-refractivity contribution >= 4 is 17.7 Å². The number of methoxy groups -OCH3 is 2. The maximum absolute atomic E-state index is 12.2. The molecule has 0 saturated heterocycles. The number of carbonyl (C=O) groups excluding carboxylic acids is 1. The van der Waals surface area contributed by atoms with E-state index >= 15 is 0 Å². The number of nitrogens with zero attached hydrogens (tertiary/aromatic N) is 3. The van der Waals surface area contributed by atoms with Crippen LogP contribution in [0.3, 0.4) is 0 Å². The van der Waals surface area contributed by atoms with Crippen LogP contribution in [0, 0.1) is 0 Å². The first-order chi connectivity index (χ1) is 12.6. The van der Waals surface area contributed by atoms with E-state index in [1.54, 1.807) is 49.5 Å². The lowest BCUT2D eigenvalue weighted by molar-refractivity contribution is -0.127. The molecule has 0 aliphatic carbocycles. The van der Waals surface area contributed by atoms with Crippen LogP contribution in [0.5, 0.6) is 11.5 Å². The zero-order valence-electron chi connectivity index (χ0n) is 14.8. The van der Waals surface area contributed by atoms with Gasteiger partial charge < -0.3 is 18.8 Å². The standard InChI is InChI=1S/C18H21N3O4S/c1-5-9-21(10-6-2)16(22)12-26-18-20-19-17(25-18)13-7-8-14(23-3)15(11-13)24-4/h5-8,11H,1-2,9-10,12H2,3-4H3. The molecular weight excluding hydrogens is 354 g/mol. The number of hydrogen-bond acceptors (Lipinski definition) is 7. The average molecular weight is 375 g/mol. The van der Waals surface area contributed by atoms with Crippen molar-refractivity contribution in [3.05, 3.63) is 43.5 Å². The highest BCUT2D eigenvalue weighted by Gasteiger charge is 2.16. The minimum atomic E-state index is -0.0549. The molecule has 0 aliphatic heterocycles. The van der Waals surface area contributed by atoms with E-state index in [0.29, 0.717) is 41.3 Å². The lowest BCUT2D eigenvalue weighted by atomic mass is 10.2. The van der Waals surface area contributed by atoms with E-state index in [0.717, 1.165) is 0 Å². The molecule has 8 heteroatoms. The number of benzene rings is 1. The normalized spacial score (nSPS) is 10.2. The summed E-state index contributed by atoms with van der Waals surface area (Å²) in [6.45, 7) is 8.23. The number of aromatic nitrogens is 2. The summed E-state index contributed by atoms with van der Waals surface area (Å²) in [5, 5.41) is 8.32. The van der Waals surface area contributed by atoms with Gasteiger partial charge in [-0.25, -0.2) is 0 Å². The Labute approximate surface area is 156 Å². The third kappa shape index (κ3) is 4.89. The van der Waals surface area contributed by atoms with E-state index < -0.39 is 0 Å². The van der Waals surface area contributed by atoms with E-state index in [9.17, 15) is 4.79 Å². The number of thioether (sulfide) groups is 1. The Hall–Kier alpha value is -2.74. The van der Waals surface area contributed by atoms with Crippen LogP contribution in [0.2, 0.25) is 0 Å². The number of ether oxygens (including phenoxy) is 2. The smallest absolute Gasteiger partial charge is 0.277 e. The van der Waals surface area contributed by atoms with Crippen molar-refractivity contribution in [3.8, 4) is 23.0 Å². The Morgan fingerprint density at radius 1 is 1.19 bits per heavy atom. The minimum absolute atomic E-state index is 0.0549. The molecule has 0 N–H and O–H groups in total. The van der Waals surface area contributed by atoms with Gasteiger partial charge in [-0.1, -0.05) is 23.9 Å². The van der Waals surface area contributed by atoms with Crippen molar-refractivity contribution in [2.75, 3.05) is 33.1 Å². The quantitative estimate of drug-likeness (QED) is 0.466. The first-order valence-corrected chi connectivity index (χ1v) is 8.79. The van der Waals surface area contributed by atoms with Crippen LogP contribution in [-0.2, 0) is 4.79 Å². The second-order valence-electron chi connectivity index (χ2n) is 5.11. The van der Waals surface area contributed by atoms with Crippen molar-refractivity contribution in [1.82, 2.24) is 15.1 Å². The highest BCUT2D eigenvalue weighted by atomic mass is 32.2. The predicted octanol–water partition coefficient (Wildman–Crippen LogP) is 3.05. The molecule has 2 rings (SSSR count). The molecule has 0 unspecified atom stereocenters. The van der Waals surface area contributed by atoms with Crippen molar-refractivity contribution in [1.29, 1.82) is 0 Å². The predicted molar refractivity (Wildman–Crippen MR) is 101 cm³/mol. The summed E-state index contributed by atoms with van der Waals surface area (Å²) in [5.41, 5.74) is 0.702. The Bertz CT molecular complexity index is 766. The largest absolute Gasteiger partial charge is 0.493 e.